The Balaban J connectivity index is 2.01. The fourth-order valence-corrected chi connectivity index (χ4v) is 2.17. The number of piperazine rings is 1. The number of ether oxygens (including phenoxy) is 1. The van der Waals surface area contributed by atoms with Crippen LogP contribution in [0.4, 0.5) is 0 Å². The van der Waals surface area contributed by atoms with Gasteiger partial charge in [0, 0.05) is 25.7 Å². The molecule has 0 spiro atoms. The Kier molecular flexibility index (Phi) is 4.02. The van der Waals surface area contributed by atoms with Gasteiger partial charge in [0.05, 0.1) is 6.10 Å². The molecular formula is C14H22N2O. The van der Waals surface area contributed by atoms with Crippen LogP contribution in [0.15, 0.2) is 24.3 Å². The van der Waals surface area contributed by atoms with Crippen molar-refractivity contribution in [3.8, 4) is 5.75 Å². The average Bonchev–Trinajstić information content (AvgIpc) is 2.29. The number of rotatable bonds is 3. The van der Waals surface area contributed by atoms with E-state index >= 15 is 0 Å². The zero-order chi connectivity index (χ0) is 12.3. The molecule has 1 aliphatic heterocycles. The monoisotopic (exact) mass is 234 g/mol. The van der Waals surface area contributed by atoms with Gasteiger partial charge in [-0.25, -0.2) is 0 Å². The van der Waals surface area contributed by atoms with Crippen LogP contribution in [0.5, 0.6) is 5.75 Å². The quantitative estimate of drug-likeness (QED) is 0.866. The van der Waals surface area contributed by atoms with E-state index in [1.807, 2.05) is 13.8 Å². The van der Waals surface area contributed by atoms with Crippen molar-refractivity contribution in [3.63, 3.8) is 0 Å². The van der Waals surface area contributed by atoms with Crippen molar-refractivity contribution in [3.05, 3.63) is 29.8 Å². The van der Waals surface area contributed by atoms with E-state index in [1.165, 1.54) is 5.56 Å². The van der Waals surface area contributed by atoms with Gasteiger partial charge in [-0.2, -0.15) is 0 Å². The van der Waals surface area contributed by atoms with E-state index in [0.717, 1.165) is 25.4 Å². The summed E-state index contributed by atoms with van der Waals surface area (Å²) < 4.78 is 5.65. The highest BCUT2D eigenvalue weighted by Crippen LogP contribution is 2.20. The van der Waals surface area contributed by atoms with E-state index in [4.69, 9.17) is 4.74 Å². The molecule has 1 unspecified atom stereocenters. The van der Waals surface area contributed by atoms with Gasteiger partial charge in [0.2, 0.25) is 0 Å². The highest BCUT2D eigenvalue weighted by atomic mass is 16.5. The Hall–Kier alpha value is -1.06. The number of hydrogen-bond acceptors (Lipinski definition) is 3. The molecule has 0 bridgehead atoms. The molecule has 1 N–H and O–H groups in total. The van der Waals surface area contributed by atoms with Crippen molar-refractivity contribution >= 4 is 0 Å². The molecule has 0 saturated carbocycles. The van der Waals surface area contributed by atoms with Crippen LogP contribution in [-0.4, -0.2) is 37.7 Å². The van der Waals surface area contributed by atoms with Crippen molar-refractivity contribution in [1.29, 1.82) is 0 Å². The first-order chi connectivity index (χ1) is 8.15. The fourth-order valence-electron chi connectivity index (χ4n) is 2.17. The molecule has 3 heteroatoms. The Morgan fingerprint density at radius 2 is 2.00 bits per heavy atom. The standard InChI is InChI=1S/C14H22N2O/c1-11(2)17-13-6-4-12(5-7-13)14-10-16(3)9-8-15-14/h4-7,11,14-15H,8-10H2,1-3H3. The lowest BCUT2D eigenvalue weighted by Crippen LogP contribution is -2.43. The molecule has 17 heavy (non-hydrogen) atoms. The molecule has 0 aromatic heterocycles. The molecular weight excluding hydrogens is 212 g/mol. The van der Waals surface area contributed by atoms with Crippen molar-refractivity contribution in [2.45, 2.75) is 26.0 Å². The minimum absolute atomic E-state index is 0.236. The van der Waals surface area contributed by atoms with E-state index in [1.54, 1.807) is 0 Å². The summed E-state index contributed by atoms with van der Waals surface area (Å²) in [6.45, 7) is 7.36. The number of hydrogen-bond donors (Lipinski definition) is 1. The molecule has 2 rings (SSSR count). The molecule has 3 nitrogen and oxygen atoms in total. The van der Waals surface area contributed by atoms with Crippen LogP contribution >= 0.6 is 0 Å². The second-order valence-electron chi connectivity index (χ2n) is 5.00. The zero-order valence-corrected chi connectivity index (χ0v) is 10.9. The highest BCUT2D eigenvalue weighted by Gasteiger charge is 2.17. The SMILES string of the molecule is CC(C)Oc1ccc(C2CN(C)CCN2)cc1. The van der Waals surface area contributed by atoms with Gasteiger partial charge in [0.1, 0.15) is 5.75 Å². The van der Waals surface area contributed by atoms with E-state index < -0.39 is 0 Å². The molecule has 1 fully saturated rings. The van der Waals surface area contributed by atoms with Crippen molar-refractivity contribution in [2.75, 3.05) is 26.7 Å². The first-order valence-corrected chi connectivity index (χ1v) is 6.33. The lowest BCUT2D eigenvalue weighted by Gasteiger charge is -2.31. The Morgan fingerprint density at radius 3 is 2.59 bits per heavy atom. The molecule has 1 heterocycles. The molecule has 0 radical (unpaired) electrons. The summed E-state index contributed by atoms with van der Waals surface area (Å²) in [5, 5.41) is 3.54. The van der Waals surface area contributed by atoms with E-state index in [9.17, 15) is 0 Å². The Bertz CT molecular complexity index is 348. The minimum atomic E-state index is 0.236. The van der Waals surface area contributed by atoms with E-state index in [-0.39, 0.29) is 6.10 Å². The highest BCUT2D eigenvalue weighted by molar-refractivity contribution is 5.29. The normalized spacial score (nSPS) is 21.8. The Morgan fingerprint density at radius 1 is 1.29 bits per heavy atom. The smallest absolute Gasteiger partial charge is 0.119 e. The van der Waals surface area contributed by atoms with Crippen molar-refractivity contribution < 1.29 is 4.74 Å². The van der Waals surface area contributed by atoms with Gasteiger partial charge in [-0.3, -0.25) is 0 Å². The molecule has 94 valence electrons. The predicted molar refractivity (Wildman–Crippen MR) is 70.4 cm³/mol. The first kappa shape index (κ1) is 12.4. The van der Waals surface area contributed by atoms with Gasteiger partial charge >= 0.3 is 0 Å². The van der Waals surface area contributed by atoms with Crippen LogP contribution < -0.4 is 10.1 Å². The first-order valence-electron chi connectivity index (χ1n) is 6.33. The van der Waals surface area contributed by atoms with E-state index in [0.29, 0.717) is 6.04 Å². The van der Waals surface area contributed by atoms with Gasteiger partial charge in [-0.1, -0.05) is 12.1 Å². The number of nitrogens with zero attached hydrogens (tertiary/aromatic N) is 1. The second kappa shape index (κ2) is 5.52. The van der Waals surface area contributed by atoms with Crippen LogP contribution in [0.3, 0.4) is 0 Å². The average molecular weight is 234 g/mol. The predicted octanol–water partition coefficient (Wildman–Crippen LogP) is 2.05. The van der Waals surface area contributed by atoms with Gasteiger partial charge in [-0.05, 0) is 38.6 Å². The third-order valence-electron chi connectivity index (χ3n) is 3.03. The third kappa shape index (κ3) is 3.45. The topological polar surface area (TPSA) is 24.5 Å². The van der Waals surface area contributed by atoms with Crippen LogP contribution in [-0.2, 0) is 0 Å². The molecule has 1 aromatic carbocycles. The largest absolute Gasteiger partial charge is 0.491 e. The third-order valence-corrected chi connectivity index (χ3v) is 3.03. The lowest BCUT2D eigenvalue weighted by atomic mass is 10.0. The number of likely N-dealkylation sites (N-methyl/N-ethyl adjacent to an activating group) is 1. The Labute approximate surface area is 104 Å². The van der Waals surface area contributed by atoms with Crippen LogP contribution in [0.25, 0.3) is 0 Å². The summed E-state index contributed by atoms with van der Waals surface area (Å²) in [7, 11) is 2.17. The molecule has 1 atom stereocenters. The maximum Gasteiger partial charge on any atom is 0.119 e. The van der Waals surface area contributed by atoms with Gasteiger partial charge in [-0.15, -0.1) is 0 Å². The number of nitrogens with one attached hydrogen (secondary N) is 1. The van der Waals surface area contributed by atoms with Crippen molar-refractivity contribution in [2.24, 2.45) is 0 Å². The van der Waals surface area contributed by atoms with Crippen LogP contribution in [0, 0.1) is 0 Å². The molecule has 0 aliphatic carbocycles. The molecule has 1 aliphatic rings. The van der Waals surface area contributed by atoms with E-state index in [2.05, 4.69) is 41.5 Å². The summed E-state index contributed by atoms with van der Waals surface area (Å²) in [5.41, 5.74) is 1.34. The minimum Gasteiger partial charge on any atom is -0.491 e. The maximum atomic E-state index is 5.65. The zero-order valence-electron chi connectivity index (χ0n) is 10.9. The van der Waals surface area contributed by atoms with Gasteiger partial charge < -0.3 is 15.0 Å². The summed E-state index contributed by atoms with van der Waals surface area (Å²) in [5.74, 6) is 0.952. The molecule has 1 aromatic rings. The van der Waals surface area contributed by atoms with Gasteiger partial charge in [0.15, 0.2) is 0 Å². The van der Waals surface area contributed by atoms with Crippen molar-refractivity contribution in [1.82, 2.24) is 10.2 Å². The summed E-state index contributed by atoms with van der Waals surface area (Å²) in [6, 6.07) is 8.89. The summed E-state index contributed by atoms with van der Waals surface area (Å²) >= 11 is 0. The summed E-state index contributed by atoms with van der Waals surface area (Å²) in [6.07, 6.45) is 0.236. The second-order valence-corrected chi connectivity index (χ2v) is 5.00. The molecule has 0 amide bonds. The van der Waals surface area contributed by atoms with Gasteiger partial charge in [0.25, 0.3) is 0 Å². The maximum absolute atomic E-state index is 5.65. The van der Waals surface area contributed by atoms with Crippen LogP contribution in [0.2, 0.25) is 0 Å². The van der Waals surface area contributed by atoms with Crippen LogP contribution in [0.1, 0.15) is 25.5 Å². The molecule has 1 saturated heterocycles. The lowest BCUT2D eigenvalue weighted by molar-refractivity contribution is 0.238. The number of benzene rings is 1. The fraction of sp³-hybridized carbons (Fsp3) is 0.571. The summed E-state index contributed by atoms with van der Waals surface area (Å²) in [4.78, 5) is 2.36.